The summed E-state index contributed by atoms with van der Waals surface area (Å²) in [6.07, 6.45) is 0. The molecule has 0 amide bonds. The molecule has 0 aliphatic heterocycles. The van der Waals surface area contributed by atoms with Gasteiger partial charge < -0.3 is 10.4 Å². The van der Waals surface area contributed by atoms with Crippen LogP contribution in [0.3, 0.4) is 0 Å². The molecule has 3 aromatic carbocycles. The van der Waals surface area contributed by atoms with Gasteiger partial charge in [-0.2, -0.15) is 0 Å². The largest absolute Gasteiger partial charge is 0.478 e. The fraction of sp³-hybridized carbons (Fsp3) is 0. The molecule has 3 rings (SSSR count). The van der Waals surface area contributed by atoms with Gasteiger partial charge in [-0.1, -0.05) is 24.3 Å². The number of hydrogen-bond acceptors (Lipinski definition) is 4. The first-order valence-corrected chi connectivity index (χ1v) is 10.3. The first-order valence-electron chi connectivity index (χ1n) is 8.38. The van der Waals surface area contributed by atoms with Crippen molar-refractivity contribution in [2.24, 2.45) is 5.14 Å². The number of para-hydroxylation sites is 1. The van der Waals surface area contributed by atoms with Crippen LogP contribution in [0.5, 0.6) is 0 Å². The molecule has 4 N–H and O–H groups in total. The lowest BCUT2D eigenvalue weighted by Gasteiger charge is -2.26. The summed E-state index contributed by atoms with van der Waals surface area (Å²) in [5.41, 5.74) is 1.88. The molecule has 0 unspecified atom stereocenters. The number of benzene rings is 3. The van der Waals surface area contributed by atoms with E-state index in [-0.39, 0.29) is 15.6 Å². The first kappa shape index (κ1) is 20.5. The third kappa shape index (κ3) is 4.96. The summed E-state index contributed by atoms with van der Waals surface area (Å²) in [5.74, 6) is -1.07. The summed E-state index contributed by atoms with van der Waals surface area (Å²) in [5, 5.41) is 17.9. The van der Waals surface area contributed by atoms with E-state index in [1.165, 1.54) is 24.3 Å². The Morgan fingerprint density at radius 3 is 2.17 bits per heavy atom. The average Bonchev–Trinajstić information content (AvgIpc) is 2.69. The van der Waals surface area contributed by atoms with Crippen LogP contribution in [0, 0.1) is 0 Å². The fourth-order valence-electron chi connectivity index (χ4n) is 2.65. The molecule has 7 nitrogen and oxygen atoms in total. The maximum atomic E-state index is 11.5. The van der Waals surface area contributed by atoms with E-state index < -0.39 is 16.0 Å². The van der Waals surface area contributed by atoms with Crippen molar-refractivity contribution in [2.45, 2.75) is 4.90 Å². The van der Waals surface area contributed by atoms with Crippen molar-refractivity contribution in [3.05, 3.63) is 84.4 Å². The van der Waals surface area contributed by atoms with Crippen molar-refractivity contribution < 1.29 is 18.3 Å². The molecule has 3 aromatic rings. The number of carboxylic acids is 1. The van der Waals surface area contributed by atoms with Crippen molar-refractivity contribution in [3.63, 3.8) is 0 Å². The molecule has 148 valence electrons. The Bertz CT molecular complexity index is 1150. The molecular formula is C20H17N3O4S2. The molecule has 29 heavy (non-hydrogen) atoms. The Labute approximate surface area is 173 Å². The summed E-state index contributed by atoms with van der Waals surface area (Å²) < 4.78 is 23.1. The number of carboxylic acid groups (broad SMARTS) is 1. The van der Waals surface area contributed by atoms with Gasteiger partial charge in [0, 0.05) is 17.1 Å². The van der Waals surface area contributed by atoms with E-state index in [2.05, 4.69) is 5.32 Å². The number of primary sulfonamides is 1. The molecule has 0 heterocycles. The Hall–Kier alpha value is -3.27. The normalized spacial score (nSPS) is 10.9. The first-order chi connectivity index (χ1) is 13.8. The number of nitrogens with two attached hydrogens (primary N) is 1. The van der Waals surface area contributed by atoms with Crippen LogP contribution < -0.4 is 15.4 Å². The standard InChI is InChI=1S/C20H17N3O4S2/c21-29(26,27)18-11-9-16(10-12-18)23(17-8-4-5-14(13-17)19(24)25)20(28)22-15-6-2-1-3-7-15/h1-13H,(H,22,28)(H,24,25)(H2,21,26,27). The molecule has 0 saturated carbocycles. The van der Waals surface area contributed by atoms with Gasteiger partial charge >= 0.3 is 5.97 Å². The summed E-state index contributed by atoms with van der Waals surface area (Å²) in [6, 6.07) is 21.3. The molecule has 0 saturated heterocycles. The molecule has 0 radical (unpaired) electrons. The quantitative estimate of drug-likeness (QED) is 0.534. The number of nitrogens with zero attached hydrogens (tertiary/aromatic N) is 1. The Morgan fingerprint density at radius 2 is 1.59 bits per heavy atom. The summed E-state index contributed by atoms with van der Waals surface area (Å²) >= 11 is 5.56. The number of thiocarbonyl (C=S) groups is 1. The summed E-state index contributed by atoms with van der Waals surface area (Å²) in [7, 11) is -3.84. The van der Waals surface area contributed by atoms with Gasteiger partial charge in [-0.3, -0.25) is 4.90 Å². The lowest BCUT2D eigenvalue weighted by Crippen LogP contribution is -2.30. The molecule has 0 aliphatic rings. The van der Waals surface area contributed by atoms with Crippen molar-refractivity contribution in [3.8, 4) is 0 Å². The SMILES string of the molecule is NS(=O)(=O)c1ccc(N(C(=S)Nc2ccccc2)c2cccc(C(=O)O)c2)cc1. The monoisotopic (exact) mass is 427 g/mol. The van der Waals surface area contributed by atoms with Crippen LogP contribution in [0.15, 0.2) is 83.8 Å². The van der Waals surface area contributed by atoms with E-state index >= 15 is 0 Å². The van der Waals surface area contributed by atoms with E-state index in [0.717, 1.165) is 5.69 Å². The van der Waals surface area contributed by atoms with Crippen LogP contribution in [-0.2, 0) is 10.0 Å². The number of rotatable bonds is 5. The van der Waals surface area contributed by atoms with Crippen LogP contribution in [0.2, 0.25) is 0 Å². The molecule has 0 aliphatic carbocycles. The van der Waals surface area contributed by atoms with E-state index in [9.17, 15) is 18.3 Å². The minimum absolute atomic E-state index is 0.0394. The molecule has 0 bridgehead atoms. The van der Waals surface area contributed by atoms with Gasteiger partial charge in [-0.05, 0) is 66.8 Å². The van der Waals surface area contributed by atoms with Crippen molar-refractivity contribution >= 4 is 50.4 Å². The van der Waals surface area contributed by atoms with Crippen molar-refractivity contribution in [2.75, 3.05) is 10.2 Å². The number of carbonyl (C=O) groups is 1. The minimum Gasteiger partial charge on any atom is -0.478 e. The minimum atomic E-state index is -3.84. The zero-order valence-corrected chi connectivity index (χ0v) is 16.7. The van der Waals surface area contributed by atoms with Crippen LogP contribution in [-0.4, -0.2) is 24.6 Å². The number of hydrogen-bond donors (Lipinski definition) is 3. The van der Waals surface area contributed by atoms with Gasteiger partial charge in [-0.25, -0.2) is 18.4 Å². The number of aromatic carboxylic acids is 1. The highest BCUT2D eigenvalue weighted by Gasteiger charge is 2.18. The number of sulfonamides is 1. The zero-order valence-electron chi connectivity index (χ0n) is 15.0. The van der Waals surface area contributed by atoms with Gasteiger partial charge in [0.05, 0.1) is 10.5 Å². The van der Waals surface area contributed by atoms with Gasteiger partial charge in [-0.15, -0.1) is 0 Å². The van der Waals surface area contributed by atoms with Crippen LogP contribution in [0.1, 0.15) is 10.4 Å². The molecule has 0 spiro atoms. The van der Waals surface area contributed by atoms with Crippen molar-refractivity contribution in [1.29, 1.82) is 0 Å². The second kappa shape index (κ2) is 8.39. The zero-order chi connectivity index (χ0) is 21.0. The van der Waals surface area contributed by atoms with E-state index in [1.807, 2.05) is 30.3 Å². The highest BCUT2D eigenvalue weighted by atomic mass is 32.2. The fourth-order valence-corrected chi connectivity index (χ4v) is 3.49. The predicted molar refractivity (Wildman–Crippen MR) is 116 cm³/mol. The topological polar surface area (TPSA) is 113 Å². The van der Waals surface area contributed by atoms with Crippen LogP contribution >= 0.6 is 12.2 Å². The number of nitrogens with one attached hydrogen (secondary N) is 1. The second-order valence-corrected chi connectivity index (χ2v) is 7.97. The third-order valence-corrected chi connectivity index (χ3v) is 5.22. The maximum Gasteiger partial charge on any atom is 0.335 e. The highest BCUT2D eigenvalue weighted by molar-refractivity contribution is 7.89. The lowest BCUT2D eigenvalue weighted by molar-refractivity contribution is 0.0697. The van der Waals surface area contributed by atoms with E-state index in [4.69, 9.17) is 17.4 Å². The summed E-state index contributed by atoms with van der Waals surface area (Å²) in [4.78, 5) is 13.0. The van der Waals surface area contributed by atoms with Gasteiger partial charge in [0.1, 0.15) is 0 Å². The summed E-state index contributed by atoms with van der Waals surface area (Å²) in [6.45, 7) is 0. The Kier molecular flexibility index (Phi) is 5.92. The van der Waals surface area contributed by atoms with E-state index in [0.29, 0.717) is 11.4 Å². The molecular weight excluding hydrogens is 410 g/mol. The molecule has 0 atom stereocenters. The number of anilines is 3. The molecule has 0 fully saturated rings. The Morgan fingerprint density at radius 1 is 0.931 bits per heavy atom. The van der Waals surface area contributed by atoms with Crippen LogP contribution in [0.4, 0.5) is 17.1 Å². The van der Waals surface area contributed by atoms with Gasteiger partial charge in [0.25, 0.3) is 0 Å². The average molecular weight is 428 g/mol. The van der Waals surface area contributed by atoms with Gasteiger partial charge in [0.15, 0.2) is 5.11 Å². The maximum absolute atomic E-state index is 11.5. The smallest absolute Gasteiger partial charge is 0.335 e. The third-order valence-electron chi connectivity index (χ3n) is 4.00. The van der Waals surface area contributed by atoms with Gasteiger partial charge in [0.2, 0.25) is 10.0 Å². The lowest BCUT2D eigenvalue weighted by atomic mass is 10.1. The molecule has 0 aromatic heterocycles. The predicted octanol–water partition coefficient (Wildman–Crippen LogP) is 3.57. The highest BCUT2D eigenvalue weighted by Crippen LogP contribution is 2.28. The molecule has 9 heteroatoms. The second-order valence-electron chi connectivity index (χ2n) is 6.03. The van der Waals surface area contributed by atoms with E-state index in [1.54, 1.807) is 29.2 Å². The van der Waals surface area contributed by atoms with Crippen molar-refractivity contribution in [1.82, 2.24) is 0 Å². The Balaban J connectivity index is 2.05. The van der Waals surface area contributed by atoms with Crippen LogP contribution in [0.25, 0.3) is 0 Å².